The van der Waals surface area contributed by atoms with Gasteiger partial charge in [-0.2, -0.15) is 4.98 Å². The van der Waals surface area contributed by atoms with Gasteiger partial charge in [0.1, 0.15) is 5.60 Å². The molecule has 152 valence electrons. The number of aromatic nitrogens is 2. The molecule has 28 heavy (non-hydrogen) atoms. The van der Waals surface area contributed by atoms with Crippen LogP contribution in [0.1, 0.15) is 59.8 Å². The molecule has 3 heterocycles. The number of ether oxygens (including phenoxy) is 2. The second kappa shape index (κ2) is 8.04. The molecule has 0 radical (unpaired) electrons. The number of likely N-dealkylation sites (tertiary alicyclic amines) is 1. The van der Waals surface area contributed by atoms with E-state index in [1.165, 1.54) is 18.4 Å². The molecule has 0 aromatic carbocycles. The lowest BCUT2D eigenvalue weighted by Crippen LogP contribution is -2.36. The van der Waals surface area contributed by atoms with Crippen molar-refractivity contribution in [3.05, 3.63) is 21.4 Å². The fourth-order valence-corrected chi connectivity index (χ4v) is 4.71. The molecule has 1 atom stereocenters. The lowest BCUT2D eigenvalue weighted by atomic mass is 10.1. The van der Waals surface area contributed by atoms with Crippen molar-refractivity contribution >= 4 is 40.0 Å². The van der Waals surface area contributed by atoms with Crippen LogP contribution in [0.2, 0.25) is 0 Å². The van der Waals surface area contributed by atoms with Crippen LogP contribution in [0.4, 0.5) is 9.93 Å². The van der Waals surface area contributed by atoms with Crippen LogP contribution in [-0.2, 0) is 4.74 Å². The second-order valence-corrected chi connectivity index (χ2v) is 9.53. The molecule has 2 aromatic rings. The first-order valence-corrected chi connectivity index (χ1v) is 10.6. The SMILES string of the molecule is COc1nsc(NC(=O)c2cc(C3CCCN3C(=O)OC(C)(C)C)sc2C)n1. The molecule has 3 rings (SSSR count). The molecule has 0 spiro atoms. The molecule has 8 nitrogen and oxygen atoms in total. The predicted octanol–water partition coefficient (Wildman–Crippen LogP) is 4.24. The van der Waals surface area contributed by atoms with Crippen molar-refractivity contribution in [3.63, 3.8) is 0 Å². The third kappa shape index (κ3) is 4.61. The number of amides is 2. The fraction of sp³-hybridized carbons (Fsp3) is 0.556. The standard InChI is InChI=1S/C18H24N4O4S2/c1-10-11(14(23)19-16-20-15(25-5)21-28-16)9-13(27-10)12-7-6-8-22(12)17(24)26-18(2,3)4/h9,12H,6-8H2,1-5H3,(H,19,20,21,23). The number of carbonyl (C=O) groups is 2. The molecule has 1 fully saturated rings. The molecule has 2 aromatic heterocycles. The van der Waals surface area contributed by atoms with Gasteiger partial charge in [0.25, 0.3) is 5.91 Å². The Morgan fingerprint density at radius 2 is 2.11 bits per heavy atom. The maximum absolute atomic E-state index is 12.7. The third-order valence-corrected chi connectivity index (χ3v) is 5.97. The van der Waals surface area contributed by atoms with E-state index in [-0.39, 0.29) is 24.1 Å². The quantitative estimate of drug-likeness (QED) is 0.789. The monoisotopic (exact) mass is 424 g/mol. The van der Waals surface area contributed by atoms with E-state index in [2.05, 4.69) is 14.7 Å². The molecule has 1 N–H and O–H groups in total. The maximum atomic E-state index is 12.7. The minimum Gasteiger partial charge on any atom is -0.466 e. The Balaban J connectivity index is 1.75. The second-order valence-electron chi connectivity index (χ2n) is 7.49. The number of methoxy groups -OCH3 is 1. The normalized spacial score (nSPS) is 16.9. The van der Waals surface area contributed by atoms with Crippen LogP contribution >= 0.6 is 22.9 Å². The molecule has 0 aliphatic carbocycles. The Labute approximate surface area is 172 Å². The van der Waals surface area contributed by atoms with Gasteiger partial charge < -0.3 is 14.4 Å². The Kier molecular flexibility index (Phi) is 5.90. The summed E-state index contributed by atoms with van der Waals surface area (Å²) in [7, 11) is 1.47. The van der Waals surface area contributed by atoms with E-state index in [0.29, 0.717) is 17.2 Å². The van der Waals surface area contributed by atoms with Gasteiger partial charge in [-0.05, 0) is 46.6 Å². The zero-order valence-corrected chi connectivity index (χ0v) is 18.2. The van der Waals surface area contributed by atoms with Crippen molar-refractivity contribution in [2.75, 3.05) is 19.0 Å². The Morgan fingerprint density at radius 3 is 2.75 bits per heavy atom. The van der Waals surface area contributed by atoms with E-state index in [9.17, 15) is 9.59 Å². The summed E-state index contributed by atoms with van der Waals surface area (Å²) < 4.78 is 14.4. The molecule has 1 saturated heterocycles. The largest absolute Gasteiger partial charge is 0.466 e. The summed E-state index contributed by atoms with van der Waals surface area (Å²) in [4.78, 5) is 32.9. The molecule has 10 heteroatoms. The van der Waals surface area contributed by atoms with Gasteiger partial charge in [-0.1, -0.05) is 0 Å². The first-order valence-electron chi connectivity index (χ1n) is 8.97. The summed E-state index contributed by atoms with van der Waals surface area (Å²) in [5, 5.41) is 3.13. The lowest BCUT2D eigenvalue weighted by Gasteiger charge is -2.28. The molecule has 0 saturated carbocycles. The first kappa shape index (κ1) is 20.5. The zero-order chi connectivity index (χ0) is 20.5. The number of nitrogens with zero attached hydrogens (tertiary/aromatic N) is 3. The zero-order valence-electron chi connectivity index (χ0n) is 16.6. The van der Waals surface area contributed by atoms with Crippen LogP contribution in [-0.4, -0.2) is 45.5 Å². The van der Waals surface area contributed by atoms with E-state index >= 15 is 0 Å². The average Bonchev–Trinajstić information content (AvgIpc) is 3.31. The summed E-state index contributed by atoms with van der Waals surface area (Å²) in [5.41, 5.74) is 0.0360. The number of anilines is 1. The van der Waals surface area contributed by atoms with Crippen molar-refractivity contribution < 1.29 is 19.1 Å². The lowest BCUT2D eigenvalue weighted by molar-refractivity contribution is 0.0227. The smallest absolute Gasteiger partial charge is 0.410 e. The number of hydrogen-bond donors (Lipinski definition) is 1. The summed E-state index contributed by atoms with van der Waals surface area (Å²) in [6.45, 7) is 8.13. The van der Waals surface area contributed by atoms with Gasteiger partial charge in [0, 0.05) is 27.8 Å². The van der Waals surface area contributed by atoms with Crippen molar-refractivity contribution in [3.8, 4) is 6.01 Å². The summed E-state index contributed by atoms with van der Waals surface area (Å²) in [5.74, 6) is -0.249. The van der Waals surface area contributed by atoms with Gasteiger partial charge in [0.2, 0.25) is 5.13 Å². The minimum absolute atomic E-state index is 0.0678. The first-order chi connectivity index (χ1) is 13.2. The van der Waals surface area contributed by atoms with Gasteiger partial charge in [-0.15, -0.1) is 15.7 Å². The Hall–Kier alpha value is -2.20. The molecule has 2 amide bonds. The molecule has 1 aliphatic rings. The number of thiophene rings is 1. The van der Waals surface area contributed by atoms with Crippen molar-refractivity contribution in [2.45, 2.75) is 52.2 Å². The topological polar surface area (TPSA) is 93.7 Å². The minimum atomic E-state index is -0.538. The van der Waals surface area contributed by atoms with Gasteiger partial charge >= 0.3 is 12.1 Å². The number of nitrogens with one attached hydrogen (secondary N) is 1. The molecule has 1 unspecified atom stereocenters. The van der Waals surface area contributed by atoms with Crippen LogP contribution in [0.25, 0.3) is 0 Å². The van der Waals surface area contributed by atoms with Crippen LogP contribution < -0.4 is 10.1 Å². The maximum Gasteiger partial charge on any atom is 0.410 e. The summed E-state index contributed by atoms with van der Waals surface area (Å²) >= 11 is 2.59. The highest BCUT2D eigenvalue weighted by Crippen LogP contribution is 2.38. The molecular formula is C18H24N4O4S2. The van der Waals surface area contributed by atoms with Crippen molar-refractivity contribution in [1.82, 2.24) is 14.3 Å². The molecule has 0 bridgehead atoms. The highest BCUT2D eigenvalue weighted by Gasteiger charge is 2.34. The van der Waals surface area contributed by atoms with E-state index in [4.69, 9.17) is 9.47 Å². The van der Waals surface area contributed by atoms with Crippen molar-refractivity contribution in [1.29, 1.82) is 0 Å². The van der Waals surface area contributed by atoms with Crippen LogP contribution in [0.5, 0.6) is 6.01 Å². The van der Waals surface area contributed by atoms with E-state index in [1.807, 2.05) is 33.8 Å². The third-order valence-electron chi connectivity index (χ3n) is 4.20. The van der Waals surface area contributed by atoms with Gasteiger partial charge in [-0.3, -0.25) is 10.1 Å². The average molecular weight is 425 g/mol. The van der Waals surface area contributed by atoms with Crippen LogP contribution in [0.3, 0.4) is 0 Å². The number of carbonyl (C=O) groups excluding carboxylic acids is 2. The van der Waals surface area contributed by atoms with Gasteiger partial charge in [0.05, 0.1) is 18.7 Å². The summed E-state index contributed by atoms with van der Waals surface area (Å²) in [6, 6.07) is 2.02. The van der Waals surface area contributed by atoms with Crippen LogP contribution in [0, 0.1) is 6.92 Å². The van der Waals surface area contributed by atoms with E-state index in [0.717, 1.165) is 34.1 Å². The number of hydrogen-bond acceptors (Lipinski definition) is 8. The number of rotatable bonds is 4. The summed E-state index contributed by atoms with van der Waals surface area (Å²) in [6.07, 6.45) is 1.45. The Bertz CT molecular complexity index is 871. The van der Waals surface area contributed by atoms with E-state index < -0.39 is 5.60 Å². The highest BCUT2D eigenvalue weighted by molar-refractivity contribution is 7.12. The van der Waals surface area contributed by atoms with Crippen molar-refractivity contribution in [2.24, 2.45) is 0 Å². The van der Waals surface area contributed by atoms with E-state index in [1.54, 1.807) is 4.90 Å². The highest BCUT2D eigenvalue weighted by atomic mass is 32.1. The predicted molar refractivity (Wildman–Crippen MR) is 108 cm³/mol. The number of aryl methyl sites for hydroxylation is 1. The fourth-order valence-electron chi connectivity index (χ4n) is 3.00. The van der Waals surface area contributed by atoms with Crippen LogP contribution in [0.15, 0.2) is 6.07 Å². The molecule has 1 aliphatic heterocycles. The van der Waals surface area contributed by atoms with Gasteiger partial charge in [0.15, 0.2) is 0 Å². The molecular weight excluding hydrogens is 400 g/mol. The van der Waals surface area contributed by atoms with Gasteiger partial charge in [-0.25, -0.2) is 4.79 Å². The Morgan fingerprint density at radius 1 is 1.36 bits per heavy atom.